The van der Waals surface area contributed by atoms with Crippen LogP contribution in [0.2, 0.25) is 0 Å². The van der Waals surface area contributed by atoms with Crippen LogP contribution in [0.3, 0.4) is 0 Å². The van der Waals surface area contributed by atoms with E-state index in [1.807, 2.05) is 97.2 Å². The molecule has 0 aliphatic heterocycles. The van der Waals surface area contributed by atoms with Crippen molar-refractivity contribution in [3.8, 4) is 33.8 Å². The van der Waals surface area contributed by atoms with Crippen LogP contribution in [-0.4, -0.2) is 15.0 Å². The van der Waals surface area contributed by atoms with Gasteiger partial charge in [0.25, 0.3) is 0 Å². The molecular weight excluding hydrogens is 648 g/mol. The summed E-state index contributed by atoms with van der Waals surface area (Å²) in [5.74, 6) is 0. The molecule has 0 saturated heterocycles. The Kier molecular flexibility index (Phi) is 11.3. The standard InChI is InChI=1S/2C15H11N.C12H11N.Ru/c2*1-2-6-12(7-3-1)15-11-10-13-8-4-5-9-14(13)16-15;1-10-5-4-6-11(9-10)12-7-2-3-8-13-12;/h2*1-11H;2-9H,1H3;/q;;;+3. The van der Waals surface area contributed by atoms with Gasteiger partial charge in [-0.3, -0.25) is 4.98 Å². The molecule has 0 atom stereocenters. The minimum absolute atomic E-state index is 0. The van der Waals surface area contributed by atoms with E-state index < -0.39 is 0 Å². The summed E-state index contributed by atoms with van der Waals surface area (Å²) in [7, 11) is 0. The van der Waals surface area contributed by atoms with Gasteiger partial charge in [0.2, 0.25) is 0 Å². The average Bonchev–Trinajstić information content (AvgIpc) is 3.13. The number of aromatic nitrogens is 3. The molecule has 5 aromatic carbocycles. The van der Waals surface area contributed by atoms with E-state index >= 15 is 0 Å². The Balaban J connectivity index is 0.000000135. The van der Waals surface area contributed by atoms with Crippen LogP contribution in [0.4, 0.5) is 0 Å². The third-order valence-corrected chi connectivity index (χ3v) is 7.31. The van der Waals surface area contributed by atoms with Crippen LogP contribution in [0.15, 0.2) is 182 Å². The van der Waals surface area contributed by atoms with Gasteiger partial charge in [-0.25, -0.2) is 9.97 Å². The summed E-state index contributed by atoms with van der Waals surface area (Å²) in [6.45, 7) is 2.09. The summed E-state index contributed by atoms with van der Waals surface area (Å²) in [5, 5.41) is 2.37. The van der Waals surface area contributed by atoms with Crippen molar-refractivity contribution in [3.05, 3.63) is 188 Å². The minimum Gasteiger partial charge on any atom is -0.256 e. The van der Waals surface area contributed by atoms with E-state index in [4.69, 9.17) is 0 Å². The van der Waals surface area contributed by atoms with Crippen molar-refractivity contribution < 1.29 is 19.5 Å². The molecule has 4 heteroatoms. The number of nitrogens with zero attached hydrogens (tertiary/aromatic N) is 3. The first-order valence-electron chi connectivity index (χ1n) is 15.0. The van der Waals surface area contributed by atoms with Crippen LogP contribution in [-0.2, 0) is 19.5 Å². The SMILES string of the molecule is Cc1cccc(-c2ccccn2)c1.[Ru+3].c1ccc(-c2ccc3ccccc3n2)cc1.c1ccc(-c2ccc3ccccc3n2)cc1. The normalized spacial score (nSPS) is 10.1. The molecule has 0 unspecified atom stereocenters. The maximum Gasteiger partial charge on any atom is 3.00 e. The molecule has 3 nitrogen and oxygen atoms in total. The predicted molar refractivity (Wildman–Crippen MR) is 189 cm³/mol. The molecule has 1 radical (unpaired) electrons. The van der Waals surface area contributed by atoms with Gasteiger partial charge in [-0.2, -0.15) is 0 Å². The molecule has 0 saturated carbocycles. The van der Waals surface area contributed by atoms with Gasteiger partial charge in [-0.15, -0.1) is 0 Å². The van der Waals surface area contributed by atoms with E-state index in [-0.39, 0.29) is 19.5 Å². The van der Waals surface area contributed by atoms with E-state index in [9.17, 15) is 0 Å². The Hall–Kier alpha value is -5.31. The van der Waals surface area contributed by atoms with Crippen LogP contribution in [0, 0.1) is 6.92 Å². The predicted octanol–water partition coefficient (Wildman–Crippen LogP) is 10.9. The number of aryl methyl sites for hydroxylation is 1. The Labute approximate surface area is 283 Å². The Morgan fingerprint density at radius 1 is 0.370 bits per heavy atom. The van der Waals surface area contributed by atoms with Crippen molar-refractivity contribution in [3.63, 3.8) is 0 Å². The van der Waals surface area contributed by atoms with Gasteiger partial charge >= 0.3 is 19.5 Å². The molecular formula is C42H33N3Ru+3. The van der Waals surface area contributed by atoms with Crippen molar-refractivity contribution in [2.24, 2.45) is 0 Å². The molecule has 221 valence electrons. The zero-order valence-corrected chi connectivity index (χ0v) is 27.3. The fraction of sp³-hybridized carbons (Fsp3) is 0.0238. The molecule has 0 amide bonds. The quantitative estimate of drug-likeness (QED) is 0.174. The van der Waals surface area contributed by atoms with Crippen LogP contribution in [0.25, 0.3) is 55.6 Å². The number of pyridine rings is 3. The third kappa shape index (κ3) is 8.44. The fourth-order valence-corrected chi connectivity index (χ4v) is 5.01. The maximum atomic E-state index is 4.65. The summed E-state index contributed by atoms with van der Waals surface area (Å²) in [6, 6.07) is 59.5. The first-order chi connectivity index (χ1) is 22.2. The van der Waals surface area contributed by atoms with E-state index in [0.29, 0.717) is 0 Å². The van der Waals surface area contributed by atoms with Crippen molar-refractivity contribution in [1.82, 2.24) is 15.0 Å². The molecule has 46 heavy (non-hydrogen) atoms. The van der Waals surface area contributed by atoms with Gasteiger partial charge in [0.05, 0.1) is 28.1 Å². The number of para-hydroxylation sites is 2. The monoisotopic (exact) mass is 681 g/mol. The summed E-state index contributed by atoms with van der Waals surface area (Å²) in [6.07, 6.45) is 1.82. The van der Waals surface area contributed by atoms with Gasteiger partial charge in [-0.05, 0) is 49.4 Å². The zero-order valence-electron chi connectivity index (χ0n) is 25.5. The molecule has 0 spiro atoms. The second-order valence-electron chi connectivity index (χ2n) is 10.6. The fourth-order valence-electron chi connectivity index (χ4n) is 5.01. The Morgan fingerprint density at radius 3 is 1.35 bits per heavy atom. The largest absolute Gasteiger partial charge is 3.00 e. The zero-order chi connectivity index (χ0) is 30.7. The van der Waals surface area contributed by atoms with Gasteiger partial charge in [-0.1, -0.05) is 139 Å². The van der Waals surface area contributed by atoms with Crippen molar-refractivity contribution in [2.45, 2.75) is 6.92 Å². The molecule has 3 heterocycles. The summed E-state index contributed by atoms with van der Waals surface area (Å²) in [4.78, 5) is 13.6. The minimum atomic E-state index is 0. The second-order valence-corrected chi connectivity index (χ2v) is 10.6. The van der Waals surface area contributed by atoms with E-state index in [1.165, 1.54) is 21.9 Å². The van der Waals surface area contributed by atoms with E-state index in [0.717, 1.165) is 39.2 Å². The Bertz CT molecular complexity index is 2000. The summed E-state index contributed by atoms with van der Waals surface area (Å²) >= 11 is 0. The van der Waals surface area contributed by atoms with Gasteiger partial charge in [0, 0.05) is 33.7 Å². The molecule has 0 bridgehead atoms. The number of hydrogen-bond donors (Lipinski definition) is 0. The number of rotatable bonds is 3. The van der Waals surface area contributed by atoms with Gasteiger partial charge in [0.1, 0.15) is 0 Å². The van der Waals surface area contributed by atoms with Crippen molar-refractivity contribution in [1.29, 1.82) is 0 Å². The molecule has 3 aromatic heterocycles. The molecule has 0 aliphatic rings. The van der Waals surface area contributed by atoms with Gasteiger partial charge in [0.15, 0.2) is 0 Å². The number of fused-ring (bicyclic) bond motifs is 2. The van der Waals surface area contributed by atoms with Crippen LogP contribution in [0.1, 0.15) is 5.56 Å². The molecule has 8 aromatic rings. The number of benzene rings is 5. The van der Waals surface area contributed by atoms with Crippen LogP contribution >= 0.6 is 0 Å². The van der Waals surface area contributed by atoms with E-state index in [2.05, 4.69) is 107 Å². The first-order valence-corrected chi connectivity index (χ1v) is 15.0. The smallest absolute Gasteiger partial charge is 0.256 e. The third-order valence-electron chi connectivity index (χ3n) is 7.31. The maximum absolute atomic E-state index is 4.65. The number of hydrogen-bond acceptors (Lipinski definition) is 3. The molecule has 0 fully saturated rings. The average molecular weight is 681 g/mol. The molecule has 0 aliphatic carbocycles. The van der Waals surface area contributed by atoms with E-state index in [1.54, 1.807) is 0 Å². The second kappa shape index (κ2) is 16.1. The topological polar surface area (TPSA) is 38.7 Å². The van der Waals surface area contributed by atoms with Crippen LogP contribution < -0.4 is 0 Å². The van der Waals surface area contributed by atoms with Gasteiger partial charge < -0.3 is 0 Å². The van der Waals surface area contributed by atoms with Crippen molar-refractivity contribution >= 4 is 21.8 Å². The molecule has 0 N–H and O–H groups in total. The molecule has 8 rings (SSSR count). The summed E-state index contributed by atoms with van der Waals surface area (Å²) < 4.78 is 0. The first kappa shape index (κ1) is 32.1. The van der Waals surface area contributed by atoms with Crippen molar-refractivity contribution in [2.75, 3.05) is 0 Å². The summed E-state index contributed by atoms with van der Waals surface area (Å²) in [5.41, 5.74) is 9.95. The Morgan fingerprint density at radius 2 is 0.848 bits per heavy atom. The van der Waals surface area contributed by atoms with Crippen LogP contribution in [0.5, 0.6) is 0 Å².